The Kier molecular flexibility index (Phi) is 3.45. The van der Waals surface area contributed by atoms with E-state index >= 15 is 0 Å². The van der Waals surface area contributed by atoms with Crippen molar-refractivity contribution in [2.75, 3.05) is 0 Å². The number of benzene rings is 1. The summed E-state index contributed by atoms with van der Waals surface area (Å²) in [6, 6.07) is 10.0. The van der Waals surface area contributed by atoms with E-state index in [4.69, 9.17) is 10.3 Å². The number of halogens is 1. The molecule has 0 aliphatic carbocycles. The van der Waals surface area contributed by atoms with Crippen LogP contribution in [0.15, 0.2) is 44.6 Å². The summed E-state index contributed by atoms with van der Waals surface area (Å²) >= 11 is 5.20. The number of hydrogen-bond donors (Lipinski definition) is 2. The Morgan fingerprint density at radius 3 is 2.84 bits per heavy atom. The van der Waals surface area contributed by atoms with Crippen LogP contribution in [-0.4, -0.2) is 0 Å². The lowest BCUT2D eigenvalue weighted by molar-refractivity contribution is 0.477. The van der Waals surface area contributed by atoms with Crippen LogP contribution in [0.4, 0.5) is 0 Å². The standard InChI is InChI=1S/C14H13BrN2OS/c1-8-5-10(7-19-8)13(17-16)12-6-9-3-2-4-11(15)14(9)18-12/h2-7,13,17H,16H2,1H3. The number of aryl methyl sites for hydroxylation is 1. The summed E-state index contributed by atoms with van der Waals surface area (Å²) < 4.78 is 6.88. The Balaban J connectivity index is 2.09. The van der Waals surface area contributed by atoms with E-state index in [1.165, 1.54) is 4.88 Å². The average Bonchev–Trinajstić information content (AvgIpc) is 2.98. The highest BCUT2D eigenvalue weighted by Crippen LogP contribution is 2.33. The Morgan fingerprint density at radius 2 is 2.21 bits per heavy atom. The number of rotatable bonds is 3. The second-order valence-electron chi connectivity index (χ2n) is 4.40. The molecule has 5 heteroatoms. The molecule has 0 aliphatic heterocycles. The molecule has 0 amide bonds. The largest absolute Gasteiger partial charge is 0.458 e. The molecule has 2 aromatic heterocycles. The summed E-state index contributed by atoms with van der Waals surface area (Å²) in [7, 11) is 0. The van der Waals surface area contributed by atoms with E-state index < -0.39 is 0 Å². The molecular formula is C14H13BrN2OS. The number of nitrogens with two attached hydrogens (primary N) is 1. The van der Waals surface area contributed by atoms with Crippen molar-refractivity contribution in [3.63, 3.8) is 0 Å². The highest BCUT2D eigenvalue weighted by atomic mass is 79.9. The van der Waals surface area contributed by atoms with Gasteiger partial charge in [-0.05, 0) is 52.0 Å². The molecule has 2 heterocycles. The highest BCUT2D eigenvalue weighted by molar-refractivity contribution is 9.10. The molecule has 3 aromatic rings. The van der Waals surface area contributed by atoms with E-state index in [2.05, 4.69) is 39.7 Å². The van der Waals surface area contributed by atoms with Gasteiger partial charge in [0.15, 0.2) is 0 Å². The highest BCUT2D eigenvalue weighted by Gasteiger charge is 2.18. The first-order valence-corrected chi connectivity index (χ1v) is 7.55. The number of thiophene rings is 1. The number of hydrazine groups is 1. The number of furan rings is 1. The molecular weight excluding hydrogens is 324 g/mol. The molecule has 0 fully saturated rings. The third-order valence-electron chi connectivity index (χ3n) is 3.05. The van der Waals surface area contributed by atoms with Gasteiger partial charge in [-0.3, -0.25) is 5.84 Å². The molecule has 1 unspecified atom stereocenters. The molecule has 19 heavy (non-hydrogen) atoms. The predicted molar refractivity (Wildman–Crippen MR) is 82.1 cm³/mol. The van der Waals surface area contributed by atoms with Crippen LogP contribution in [0.1, 0.15) is 22.2 Å². The average molecular weight is 337 g/mol. The van der Waals surface area contributed by atoms with Gasteiger partial charge >= 0.3 is 0 Å². The van der Waals surface area contributed by atoms with Gasteiger partial charge in [0.25, 0.3) is 0 Å². The molecule has 0 saturated heterocycles. The summed E-state index contributed by atoms with van der Waals surface area (Å²) in [5.41, 5.74) is 4.80. The van der Waals surface area contributed by atoms with Gasteiger partial charge in [0.2, 0.25) is 0 Å². The van der Waals surface area contributed by atoms with Gasteiger partial charge in [0, 0.05) is 10.3 Å². The lowest BCUT2D eigenvalue weighted by Crippen LogP contribution is -2.28. The Labute approximate surface area is 123 Å². The molecule has 0 bridgehead atoms. The van der Waals surface area contributed by atoms with E-state index in [1.807, 2.05) is 24.3 Å². The number of nitrogens with one attached hydrogen (secondary N) is 1. The molecule has 3 rings (SSSR count). The fourth-order valence-electron chi connectivity index (χ4n) is 2.15. The van der Waals surface area contributed by atoms with E-state index in [0.717, 1.165) is 26.8 Å². The van der Waals surface area contributed by atoms with E-state index in [1.54, 1.807) is 11.3 Å². The monoisotopic (exact) mass is 336 g/mol. The predicted octanol–water partition coefficient (Wildman–Crippen LogP) is 4.12. The first-order valence-electron chi connectivity index (χ1n) is 5.88. The van der Waals surface area contributed by atoms with Crippen molar-refractivity contribution < 1.29 is 4.42 Å². The van der Waals surface area contributed by atoms with Crippen LogP contribution in [0.5, 0.6) is 0 Å². The molecule has 0 aliphatic rings. The molecule has 98 valence electrons. The normalized spacial score (nSPS) is 13.0. The van der Waals surface area contributed by atoms with Crippen molar-refractivity contribution in [3.8, 4) is 0 Å². The minimum Gasteiger partial charge on any atom is -0.458 e. The fraction of sp³-hybridized carbons (Fsp3) is 0.143. The van der Waals surface area contributed by atoms with E-state index in [9.17, 15) is 0 Å². The lowest BCUT2D eigenvalue weighted by atomic mass is 10.1. The molecule has 0 radical (unpaired) electrons. The van der Waals surface area contributed by atoms with Crippen molar-refractivity contribution in [3.05, 3.63) is 56.4 Å². The number of hydrogen-bond acceptors (Lipinski definition) is 4. The summed E-state index contributed by atoms with van der Waals surface area (Å²) in [6.45, 7) is 2.08. The van der Waals surface area contributed by atoms with Gasteiger partial charge in [0.05, 0.1) is 4.47 Å². The van der Waals surface area contributed by atoms with Crippen molar-refractivity contribution in [1.82, 2.24) is 5.43 Å². The van der Waals surface area contributed by atoms with Gasteiger partial charge in [-0.25, -0.2) is 5.43 Å². The molecule has 1 aromatic carbocycles. The van der Waals surface area contributed by atoms with Crippen LogP contribution in [0.25, 0.3) is 11.0 Å². The van der Waals surface area contributed by atoms with Crippen LogP contribution in [0.2, 0.25) is 0 Å². The van der Waals surface area contributed by atoms with Crippen molar-refractivity contribution in [2.24, 2.45) is 5.84 Å². The van der Waals surface area contributed by atoms with Crippen LogP contribution in [0, 0.1) is 6.92 Å². The minimum atomic E-state index is -0.121. The van der Waals surface area contributed by atoms with Gasteiger partial charge in [-0.2, -0.15) is 0 Å². The molecule has 0 spiro atoms. The van der Waals surface area contributed by atoms with Crippen LogP contribution >= 0.6 is 27.3 Å². The first kappa shape index (κ1) is 12.9. The zero-order chi connectivity index (χ0) is 13.4. The second-order valence-corrected chi connectivity index (χ2v) is 6.37. The summed E-state index contributed by atoms with van der Waals surface area (Å²) in [4.78, 5) is 1.26. The van der Waals surface area contributed by atoms with E-state index in [-0.39, 0.29) is 6.04 Å². The Hall–Kier alpha value is -1.14. The maximum atomic E-state index is 5.93. The maximum absolute atomic E-state index is 5.93. The Bertz CT molecular complexity index is 719. The minimum absolute atomic E-state index is 0.121. The topological polar surface area (TPSA) is 51.2 Å². The van der Waals surface area contributed by atoms with Crippen molar-refractivity contribution in [2.45, 2.75) is 13.0 Å². The number of fused-ring (bicyclic) bond motifs is 1. The molecule has 3 nitrogen and oxygen atoms in total. The van der Waals surface area contributed by atoms with Crippen LogP contribution < -0.4 is 11.3 Å². The van der Waals surface area contributed by atoms with Gasteiger partial charge in [0.1, 0.15) is 17.4 Å². The maximum Gasteiger partial charge on any atom is 0.148 e. The molecule has 1 atom stereocenters. The zero-order valence-electron chi connectivity index (χ0n) is 10.3. The third-order valence-corrected chi connectivity index (χ3v) is 4.55. The van der Waals surface area contributed by atoms with Crippen LogP contribution in [0.3, 0.4) is 0 Å². The lowest BCUT2D eigenvalue weighted by Gasteiger charge is -2.11. The number of para-hydroxylation sites is 1. The SMILES string of the molecule is Cc1cc(C(NN)c2cc3cccc(Br)c3o2)cs1. The van der Waals surface area contributed by atoms with Crippen molar-refractivity contribution >= 4 is 38.2 Å². The second kappa shape index (κ2) is 5.09. The summed E-state index contributed by atoms with van der Waals surface area (Å²) in [6.07, 6.45) is 0. The fourth-order valence-corrected chi connectivity index (χ4v) is 3.34. The van der Waals surface area contributed by atoms with E-state index in [0.29, 0.717) is 0 Å². The van der Waals surface area contributed by atoms with Gasteiger partial charge in [-0.15, -0.1) is 11.3 Å². The summed E-state index contributed by atoms with van der Waals surface area (Å²) in [5.74, 6) is 6.51. The van der Waals surface area contributed by atoms with Crippen molar-refractivity contribution in [1.29, 1.82) is 0 Å². The van der Waals surface area contributed by atoms with Gasteiger partial charge < -0.3 is 4.42 Å². The smallest absolute Gasteiger partial charge is 0.148 e. The van der Waals surface area contributed by atoms with Crippen LogP contribution in [-0.2, 0) is 0 Å². The quantitative estimate of drug-likeness (QED) is 0.558. The summed E-state index contributed by atoms with van der Waals surface area (Å²) in [5, 5.41) is 3.17. The zero-order valence-corrected chi connectivity index (χ0v) is 12.7. The first-order chi connectivity index (χ1) is 9.19. The Morgan fingerprint density at radius 1 is 1.37 bits per heavy atom. The molecule has 3 N–H and O–H groups in total. The third kappa shape index (κ3) is 2.34. The molecule has 0 saturated carbocycles. The van der Waals surface area contributed by atoms with Gasteiger partial charge in [-0.1, -0.05) is 12.1 Å².